The molecule has 0 atom stereocenters. The summed E-state index contributed by atoms with van der Waals surface area (Å²) in [5.41, 5.74) is 3.81. The Balaban J connectivity index is 2.34. The molecule has 0 spiro atoms. The molecule has 0 aromatic heterocycles. The zero-order valence-electron chi connectivity index (χ0n) is 10.1. The van der Waals surface area contributed by atoms with Crippen molar-refractivity contribution >= 4 is 27.3 Å². The molecule has 0 aliphatic rings. The third kappa shape index (κ3) is 2.72. The molecule has 2 aromatic carbocycles. The highest BCUT2D eigenvalue weighted by Crippen LogP contribution is 2.25. The minimum Gasteiger partial charge on any atom is -0.355 e. The summed E-state index contributed by atoms with van der Waals surface area (Å²) in [5, 5.41) is 12.4. The quantitative estimate of drug-likeness (QED) is 0.897. The summed E-state index contributed by atoms with van der Waals surface area (Å²) in [7, 11) is 0. The first-order valence-corrected chi connectivity index (χ1v) is 6.58. The number of nitrogens with zero attached hydrogens (tertiary/aromatic N) is 1. The van der Waals surface area contributed by atoms with Crippen molar-refractivity contribution in [3.05, 3.63) is 58.1 Å². The predicted molar refractivity (Wildman–Crippen MR) is 78.0 cm³/mol. The van der Waals surface area contributed by atoms with Gasteiger partial charge in [-0.2, -0.15) is 5.26 Å². The Morgan fingerprint density at radius 3 is 2.50 bits per heavy atom. The summed E-state index contributed by atoms with van der Waals surface area (Å²) >= 11 is 3.41. The lowest BCUT2D eigenvalue weighted by Crippen LogP contribution is -1.97. The Labute approximate surface area is 115 Å². The van der Waals surface area contributed by atoms with Crippen LogP contribution in [0.1, 0.15) is 18.1 Å². The minimum absolute atomic E-state index is 0.736. The lowest BCUT2D eigenvalue weighted by Gasteiger charge is -2.12. The van der Waals surface area contributed by atoms with Crippen molar-refractivity contribution in [1.82, 2.24) is 0 Å². The fraction of sp³-hybridized carbons (Fsp3) is 0.133. The Bertz CT molecular complexity index is 582. The van der Waals surface area contributed by atoms with Gasteiger partial charge in [0, 0.05) is 15.8 Å². The number of hydrogen-bond donors (Lipinski definition) is 1. The molecular weight excluding hydrogens is 288 g/mol. The fourth-order valence-electron chi connectivity index (χ4n) is 1.88. The van der Waals surface area contributed by atoms with E-state index in [1.165, 1.54) is 0 Å². The van der Waals surface area contributed by atoms with Crippen molar-refractivity contribution < 1.29 is 0 Å². The van der Waals surface area contributed by atoms with Gasteiger partial charge in [0.25, 0.3) is 0 Å². The van der Waals surface area contributed by atoms with Gasteiger partial charge >= 0.3 is 0 Å². The molecule has 0 fully saturated rings. The molecule has 0 unspecified atom stereocenters. The van der Waals surface area contributed by atoms with E-state index in [-0.39, 0.29) is 0 Å². The number of anilines is 2. The van der Waals surface area contributed by atoms with Crippen LogP contribution in [0.15, 0.2) is 46.9 Å². The number of nitrogens with one attached hydrogen (secondary N) is 1. The second-order valence-electron chi connectivity index (χ2n) is 3.93. The van der Waals surface area contributed by atoms with E-state index in [9.17, 15) is 0 Å². The van der Waals surface area contributed by atoms with E-state index in [0.717, 1.165) is 33.4 Å². The molecule has 18 heavy (non-hydrogen) atoms. The highest BCUT2D eigenvalue weighted by molar-refractivity contribution is 9.10. The average molecular weight is 301 g/mol. The monoisotopic (exact) mass is 300 g/mol. The molecule has 2 aromatic rings. The zero-order valence-corrected chi connectivity index (χ0v) is 11.7. The standard InChI is InChI=1S/C15H13BrN2/c1-2-14-11(10-17)4-3-5-15(14)18-13-8-6-12(16)7-9-13/h3-9,18H,2H2,1H3. The van der Waals surface area contributed by atoms with Crippen LogP contribution in [0.25, 0.3) is 0 Å². The van der Waals surface area contributed by atoms with Gasteiger partial charge in [0.15, 0.2) is 0 Å². The van der Waals surface area contributed by atoms with Gasteiger partial charge in [0.1, 0.15) is 0 Å². The lowest BCUT2D eigenvalue weighted by molar-refractivity contribution is 1.13. The summed E-state index contributed by atoms with van der Waals surface area (Å²) in [6.45, 7) is 2.06. The number of benzene rings is 2. The molecular formula is C15H13BrN2. The molecule has 0 saturated heterocycles. The summed E-state index contributed by atoms with van der Waals surface area (Å²) in [6, 6.07) is 16.0. The fourth-order valence-corrected chi connectivity index (χ4v) is 2.14. The van der Waals surface area contributed by atoms with Gasteiger partial charge in [-0.15, -0.1) is 0 Å². The molecule has 0 amide bonds. The highest BCUT2D eigenvalue weighted by atomic mass is 79.9. The van der Waals surface area contributed by atoms with Crippen LogP contribution in [0.2, 0.25) is 0 Å². The largest absolute Gasteiger partial charge is 0.355 e. The Kier molecular flexibility index (Phi) is 4.01. The van der Waals surface area contributed by atoms with E-state index < -0.39 is 0 Å². The topological polar surface area (TPSA) is 35.8 Å². The Morgan fingerprint density at radius 2 is 1.89 bits per heavy atom. The number of rotatable bonds is 3. The van der Waals surface area contributed by atoms with Gasteiger partial charge in [0.05, 0.1) is 11.6 Å². The summed E-state index contributed by atoms with van der Waals surface area (Å²) in [4.78, 5) is 0. The maximum Gasteiger partial charge on any atom is 0.0995 e. The molecule has 0 aliphatic carbocycles. The summed E-state index contributed by atoms with van der Waals surface area (Å²) in [6.07, 6.45) is 0.836. The molecule has 3 heteroatoms. The van der Waals surface area contributed by atoms with Crippen LogP contribution < -0.4 is 5.32 Å². The van der Waals surface area contributed by atoms with Gasteiger partial charge in [-0.3, -0.25) is 0 Å². The van der Waals surface area contributed by atoms with Gasteiger partial charge in [-0.1, -0.05) is 28.9 Å². The van der Waals surface area contributed by atoms with E-state index in [0.29, 0.717) is 0 Å². The van der Waals surface area contributed by atoms with Crippen molar-refractivity contribution in [3.8, 4) is 6.07 Å². The van der Waals surface area contributed by atoms with Crippen LogP contribution in [-0.2, 0) is 6.42 Å². The van der Waals surface area contributed by atoms with E-state index in [1.807, 2.05) is 42.5 Å². The molecule has 0 radical (unpaired) electrons. The average Bonchev–Trinajstić information content (AvgIpc) is 2.41. The first-order chi connectivity index (χ1) is 8.74. The van der Waals surface area contributed by atoms with Gasteiger partial charge in [-0.25, -0.2) is 0 Å². The molecule has 90 valence electrons. The minimum atomic E-state index is 0.736. The van der Waals surface area contributed by atoms with Crippen molar-refractivity contribution in [1.29, 1.82) is 5.26 Å². The third-order valence-corrected chi connectivity index (χ3v) is 3.30. The van der Waals surface area contributed by atoms with Crippen molar-refractivity contribution in [2.75, 3.05) is 5.32 Å². The van der Waals surface area contributed by atoms with Crippen molar-refractivity contribution in [3.63, 3.8) is 0 Å². The van der Waals surface area contributed by atoms with Crippen LogP contribution in [0.3, 0.4) is 0 Å². The van der Waals surface area contributed by atoms with E-state index >= 15 is 0 Å². The molecule has 2 rings (SSSR count). The van der Waals surface area contributed by atoms with Gasteiger partial charge in [0.2, 0.25) is 0 Å². The maximum absolute atomic E-state index is 9.09. The predicted octanol–water partition coefficient (Wildman–Crippen LogP) is 4.63. The Hall–Kier alpha value is -1.79. The third-order valence-electron chi connectivity index (χ3n) is 2.77. The normalized spacial score (nSPS) is 9.83. The molecule has 0 aliphatic heterocycles. The maximum atomic E-state index is 9.09. The lowest BCUT2D eigenvalue weighted by atomic mass is 10.0. The second kappa shape index (κ2) is 5.70. The first-order valence-electron chi connectivity index (χ1n) is 5.79. The SMILES string of the molecule is CCc1c(C#N)cccc1Nc1ccc(Br)cc1. The van der Waals surface area contributed by atoms with E-state index in [2.05, 4.69) is 34.2 Å². The number of hydrogen-bond acceptors (Lipinski definition) is 2. The van der Waals surface area contributed by atoms with Crippen LogP contribution in [-0.4, -0.2) is 0 Å². The highest BCUT2D eigenvalue weighted by Gasteiger charge is 2.06. The van der Waals surface area contributed by atoms with Crippen LogP contribution in [0, 0.1) is 11.3 Å². The smallest absolute Gasteiger partial charge is 0.0995 e. The zero-order chi connectivity index (χ0) is 13.0. The van der Waals surface area contributed by atoms with E-state index in [1.54, 1.807) is 0 Å². The van der Waals surface area contributed by atoms with Crippen molar-refractivity contribution in [2.45, 2.75) is 13.3 Å². The first kappa shape index (κ1) is 12.7. The van der Waals surface area contributed by atoms with E-state index in [4.69, 9.17) is 5.26 Å². The number of halogens is 1. The van der Waals surface area contributed by atoms with Crippen LogP contribution >= 0.6 is 15.9 Å². The molecule has 1 N–H and O–H groups in total. The Morgan fingerprint density at radius 1 is 1.17 bits per heavy atom. The molecule has 0 saturated carbocycles. The van der Waals surface area contributed by atoms with Crippen LogP contribution in [0.5, 0.6) is 0 Å². The molecule has 0 bridgehead atoms. The van der Waals surface area contributed by atoms with Crippen molar-refractivity contribution in [2.24, 2.45) is 0 Å². The number of nitriles is 1. The summed E-state index contributed by atoms with van der Waals surface area (Å²) < 4.78 is 1.05. The summed E-state index contributed by atoms with van der Waals surface area (Å²) in [5.74, 6) is 0. The second-order valence-corrected chi connectivity index (χ2v) is 4.84. The molecule has 0 heterocycles. The molecule has 2 nitrogen and oxygen atoms in total. The van der Waals surface area contributed by atoms with Gasteiger partial charge < -0.3 is 5.32 Å². The van der Waals surface area contributed by atoms with Crippen LogP contribution in [0.4, 0.5) is 11.4 Å². The van der Waals surface area contributed by atoms with Gasteiger partial charge in [-0.05, 0) is 48.4 Å².